The van der Waals surface area contributed by atoms with Crippen LogP contribution < -0.4 is 0 Å². The van der Waals surface area contributed by atoms with Gasteiger partial charge in [-0.15, -0.1) is 0 Å². The summed E-state index contributed by atoms with van der Waals surface area (Å²) in [6.07, 6.45) is -3.82. The number of imidazole rings is 1. The summed E-state index contributed by atoms with van der Waals surface area (Å²) < 4.78 is 41.1. The van der Waals surface area contributed by atoms with Crippen LogP contribution >= 0.6 is 15.9 Å². The van der Waals surface area contributed by atoms with Crippen LogP contribution in [0.1, 0.15) is 36.8 Å². The fraction of sp³-hybridized carbons (Fsp3) is 0.278. The Morgan fingerprint density at radius 2 is 1.75 bits per heavy atom. The molecular formula is C18H16BrF3N2. The van der Waals surface area contributed by atoms with Gasteiger partial charge in [-0.25, -0.2) is 4.98 Å². The molecule has 2 nitrogen and oxygen atoms in total. The van der Waals surface area contributed by atoms with E-state index in [-0.39, 0.29) is 6.04 Å². The van der Waals surface area contributed by atoms with Crippen molar-refractivity contribution >= 4 is 27.0 Å². The van der Waals surface area contributed by atoms with E-state index in [0.717, 1.165) is 39.0 Å². The lowest BCUT2D eigenvalue weighted by atomic mass is 10.1. The van der Waals surface area contributed by atoms with Gasteiger partial charge in [-0.1, -0.05) is 28.1 Å². The number of rotatable bonds is 3. The third kappa shape index (κ3) is 3.34. The Morgan fingerprint density at radius 3 is 2.33 bits per heavy atom. The molecule has 0 fully saturated rings. The molecule has 0 aliphatic carbocycles. The number of aromatic nitrogens is 2. The maximum absolute atomic E-state index is 12.7. The maximum atomic E-state index is 12.7. The minimum Gasteiger partial charge on any atom is -0.325 e. The van der Waals surface area contributed by atoms with Crippen LogP contribution in [0.15, 0.2) is 46.9 Å². The molecule has 0 aliphatic heterocycles. The van der Waals surface area contributed by atoms with E-state index in [1.807, 2.05) is 18.2 Å². The second-order valence-corrected chi connectivity index (χ2v) is 6.91. The first-order valence-electron chi connectivity index (χ1n) is 7.58. The van der Waals surface area contributed by atoms with Crippen LogP contribution in [0.2, 0.25) is 0 Å². The fourth-order valence-electron chi connectivity index (χ4n) is 2.82. The van der Waals surface area contributed by atoms with Gasteiger partial charge >= 0.3 is 6.18 Å². The van der Waals surface area contributed by atoms with Gasteiger partial charge in [0.1, 0.15) is 5.82 Å². The highest BCUT2D eigenvalue weighted by atomic mass is 79.9. The van der Waals surface area contributed by atoms with Crippen LogP contribution in [0, 0.1) is 0 Å². The maximum Gasteiger partial charge on any atom is 0.416 e. The molecule has 0 N–H and O–H groups in total. The number of hydrogen-bond acceptors (Lipinski definition) is 1. The van der Waals surface area contributed by atoms with Crippen molar-refractivity contribution < 1.29 is 13.2 Å². The van der Waals surface area contributed by atoms with Crippen molar-refractivity contribution in [1.82, 2.24) is 9.55 Å². The van der Waals surface area contributed by atoms with Gasteiger partial charge in [-0.05, 0) is 49.7 Å². The van der Waals surface area contributed by atoms with E-state index in [4.69, 9.17) is 0 Å². The molecule has 0 saturated carbocycles. The average molecular weight is 397 g/mol. The average Bonchev–Trinajstić information content (AvgIpc) is 2.83. The molecule has 0 bridgehead atoms. The normalized spacial score (nSPS) is 12.3. The molecule has 0 unspecified atom stereocenters. The summed E-state index contributed by atoms with van der Waals surface area (Å²) in [5.41, 5.74) is 2.07. The molecule has 126 valence electrons. The largest absolute Gasteiger partial charge is 0.416 e. The lowest BCUT2D eigenvalue weighted by Crippen LogP contribution is -2.08. The topological polar surface area (TPSA) is 17.8 Å². The van der Waals surface area contributed by atoms with Crippen LogP contribution in [-0.2, 0) is 12.6 Å². The number of fused-ring (bicyclic) bond motifs is 1. The summed E-state index contributed by atoms with van der Waals surface area (Å²) in [5, 5.41) is 0. The molecule has 0 aliphatic rings. The molecule has 0 amide bonds. The number of nitrogens with zero attached hydrogens (tertiary/aromatic N) is 2. The van der Waals surface area contributed by atoms with Crippen molar-refractivity contribution in [3.8, 4) is 0 Å². The van der Waals surface area contributed by atoms with Gasteiger partial charge in [0.2, 0.25) is 0 Å². The molecule has 3 aromatic rings. The van der Waals surface area contributed by atoms with E-state index in [1.165, 1.54) is 12.1 Å². The second-order valence-electron chi connectivity index (χ2n) is 6.00. The first-order chi connectivity index (χ1) is 11.3. The highest BCUT2D eigenvalue weighted by Crippen LogP contribution is 2.30. The van der Waals surface area contributed by atoms with Crippen molar-refractivity contribution in [1.29, 1.82) is 0 Å². The third-order valence-electron chi connectivity index (χ3n) is 3.88. The summed E-state index contributed by atoms with van der Waals surface area (Å²) in [6.45, 7) is 4.14. The van der Waals surface area contributed by atoms with Gasteiger partial charge < -0.3 is 4.57 Å². The van der Waals surface area contributed by atoms with E-state index < -0.39 is 11.7 Å². The van der Waals surface area contributed by atoms with Gasteiger partial charge in [-0.2, -0.15) is 13.2 Å². The predicted molar refractivity (Wildman–Crippen MR) is 92.1 cm³/mol. The summed E-state index contributed by atoms with van der Waals surface area (Å²) in [5.74, 6) is 0.845. The van der Waals surface area contributed by atoms with Crippen molar-refractivity contribution in [2.24, 2.45) is 0 Å². The third-order valence-corrected chi connectivity index (χ3v) is 4.38. The first-order valence-corrected chi connectivity index (χ1v) is 8.37. The summed E-state index contributed by atoms with van der Waals surface area (Å²) in [6, 6.07) is 11.4. The van der Waals surface area contributed by atoms with E-state index in [2.05, 4.69) is 39.3 Å². The molecular weight excluding hydrogens is 381 g/mol. The SMILES string of the molecule is CC(C)n1c(Cc2ccc(C(F)(F)F)cc2)nc2cc(Br)ccc21. The van der Waals surface area contributed by atoms with E-state index in [0.29, 0.717) is 6.42 Å². The van der Waals surface area contributed by atoms with Gasteiger partial charge in [0.05, 0.1) is 16.6 Å². The molecule has 3 rings (SSSR count). The van der Waals surface area contributed by atoms with E-state index in [9.17, 15) is 13.2 Å². The number of hydrogen-bond donors (Lipinski definition) is 0. The zero-order valence-electron chi connectivity index (χ0n) is 13.2. The van der Waals surface area contributed by atoms with Crippen molar-refractivity contribution in [2.45, 2.75) is 32.5 Å². The van der Waals surface area contributed by atoms with Crippen molar-refractivity contribution in [3.63, 3.8) is 0 Å². The molecule has 6 heteroatoms. The number of alkyl halides is 3. The fourth-order valence-corrected chi connectivity index (χ4v) is 3.17. The number of benzene rings is 2. The Balaban J connectivity index is 1.99. The van der Waals surface area contributed by atoms with Crippen LogP contribution in [0.3, 0.4) is 0 Å². The molecule has 24 heavy (non-hydrogen) atoms. The van der Waals surface area contributed by atoms with Crippen LogP contribution in [-0.4, -0.2) is 9.55 Å². The Morgan fingerprint density at radius 1 is 1.08 bits per heavy atom. The van der Waals surface area contributed by atoms with Crippen molar-refractivity contribution in [3.05, 3.63) is 63.9 Å². The molecule has 2 aromatic carbocycles. The predicted octanol–water partition coefficient (Wildman–Crippen LogP) is 5.99. The van der Waals surface area contributed by atoms with Gasteiger partial charge in [0.15, 0.2) is 0 Å². The van der Waals surface area contributed by atoms with Crippen LogP contribution in [0.4, 0.5) is 13.2 Å². The molecule has 0 spiro atoms. The van der Waals surface area contributed by atoms with E-state index >= 15 is 0 Å². The summed E-state index contributed by atoms with van der Waals surface area (Å²) >= 11 is 3.44. The summed E-state index contributed by atoms with van der Waals surface area (Å²) in [4.78, 5) is 4.67. The smallest absolute Gasteiger partial charge is 0.325 e. The van der Waals surface area contributed by atoms with Gasteiger partial charge in [0.25, 0.3) is 0 Å². The molecule has 0 saturated heterocycles. The quantitative estimate of drug-likeness (QED) is 0.531. The van der Waals surface area contributed by atoms with E-state index in [1.54, 1.807) is 0 Å². The highest BCUT2D eigenvalue weighted by Gasteiger charge is 2.30. The monoisotopic (exact) mass is 396 g/mol. The lowest BCUT2D eigenvalue weighted by Gasteiger charge is -2.13. The molecule has 1 aromatic heterocycles. The summed E-state index contributed by atoms with van der Waals surface area (Å²) in [7, 11) is 0. The minimum absolute atomic E-state index is 0.209. The molecule has 0 atom stereocenters. The lowest BCUT2D eigenvalue weighted by molar-refractivity contribution is -0.137. The second kappa shape index (κ2) is 6.24. The first kappa shape index (κ1) is 17.0. The van der Waals surface area contributed by atoms with Crippen molar-refractivity contribution in [2.75, 3.05) is 0 Å². The minimum atomic E-state index is -4.31. The Hall–Kier alpha value is -1.82. The molecule has 1 heterocycles. The Labute approximate surface area is 146 Å². The van der Waals surface area contributed by atoms with Gasteiger partial charge in [-0.3, -0.25) is 0 Å². The van der Waals surface area contributed by atoms with Gasteiger partial charge in [0, 0.05) is 16.9 Å². The Bertz CT molecular complexity index is 864. The number of halogens is 4. The zero-order valence-corrected chi connectivity index (χ0v) is 14.8. The van der Waals surface area contributed by atoms with Crippen LogP contribution in [0.25, 0.3) is 11.0 Å². The zero-order chi connectivity index (χ0) is 17.5. The molecule has 0 radical (unpaired) electrons. The standard InChI is InChI=1S/C18H16BrF3N2/c1-11(2)24-16-8-7-14(19)10-15(16)23-17(24)9-12-3-5-13(6-4-12)18(20,21)22/h3-8,10-11H,9H2,1-2H3. The Kier molecular flexibility index (Phi) is 4.42. The van der Waals surface area contributed by atoms with Crippen LogP contribution in [0.5, 0.6) is 0 Å². The highest BCUT2D eigenvalue weighted by molar-refractivity contribution is 9.10.